The number of hydrogen-bond donors (Lipinski definition) is 1. The Morgan fingerprint density at radius 2 is 2.29 bits per heavy atom. The SMILES string of the molecule is CNc1nccnc1[C@H]1CN(C(=O)c2cscn2)CCO1. The van der Waals surface area contributed by atoms with Crippen LogP contribution >= 0.6 is 11.3 Å². The molecular formula is C13H15N5O2S. The monoisotopic (exact) mass is 305 g/mol. The van der Waals surface area contributed by atoms with Crippen LogP contribution in [0.15, 0.2) is 23.3 Å². The van der Waals surface area contributed by atoms with Gasteiger partial charge >= 0.3 is 0 Å². The molecular weight excluding hydrogens is 290 g/mol. The van der Waals surface area contributed by atoms with Crippen LogP contribution in [0.3, 0.4) is 0 Å². The zero-order valence-electron chi connectivity index (χ0n) is 11.5. The number of rotatable bonds is 3. The van der Waals surface area contributed by atoms with Gasteiger partial charge in [-0.3, -0.25) is 9.78 Å². The van der Waals surface area contributed by atoms with Gasteiger partial charge in [0, 0.05) is 31.4 Å². The van der Waals surface area contributed by atoms with Gasteiger partial charge in [0.2, 0.25) is 0 Å². The lowest BCUT2D eigenvalue weighted by Gasteiger charge is -2.32. The minimum Gasteiger partial charge on any atom is -0.372 e. The van der Waals surface area contributed by atoms with Gasteiger partial charge in [-0.15, -0.1) is 11.3 Å². The van der Waals surface area contributed by atoms with Crippen LogP contribution in [0.5, 0.6) is 0 Å². The summed E-state index contributed by atoms with van der Waals surface area (Å²) >= 11 is 1.41. The summed E-state index contributed by atoms with van der Waals surface area (Å²) in [6, 6.07) is 0. The fourth-order valence-electron chi connectivity index (χ4n) is 2.26. The summed E-state index contributed by atoms with van der Waals surface area (Å²) in [6.07, 6.45) is 2.97. The van der Waals surface area contributed by atoms with Crippen LogP contribution in [-0.4, -0.2) is 52.5 Å². The second-order valence-electron chi connectivity index (χ2n) is 4.52. The first kappa shape index (κ1) is 13.9. The number of nitrogens with one attached hydrogen (secondary N) is 1. The van der Waals surface area contributed by atoms with Gasteiger partial charge in [0.05, 0.1) is 18.7 Å². The fraction of sp³-hybridized carbons (Fsp3) is 0.385. The van der Waals surface area contributed by atoms with E-state index in [0.29, 0.717) is 31.2 Å². The predicted molar refractivity (Wildman–Crippen MR) is 78.3 cm³/mol. The van der Waals surface area contributed by atoms with Crippen molar-refractivity contribution < 1.29 is 9.53 Å². The summed E-state index contributed by atoms with van der Waals surface area (Å²) in [5, 5.41) is 4.75. The number of aromatic nitrogens is 3. The van der Waals surface area contributed by atoms with Crippen LogP contribution in [0, 0.1) is 0 Å². The third-order valence-electron chi connectivity index (χ3n) is 3.27. The van der Waals surface area contributed by atoms with E-state index in [4.69, 9.17) is 4.74 Å². The van der Waals surface area contributed by atoms with E-state index in [9.17, 15) is 4.79 Å². The van der Waals surface area contributed by atoms with Crippen molar-refractivity contribution in [2.24, 2.45) is 0 Å². The van der Waals surface area contributed by atoms with E-state index in [1.165, 1.54) is 11.3 Å². The fourth-order valence-corrected chi connectivity index (χ4v) is 2.78. The Balaban J connectivity index is 1.78. The maximum absolute atomic E-state index is 12.4. The summed E-state index contributed by atoms with van der Waals surface area (Å²) in [6.45, 7) is 1.48. The molecule has 0 radical (unpaired) electrons. The van der Waals surface area contributed by atoms with E-state index in [-0.39, 0.29) is 12.0 Å². The lowest BCUT2D eigenvalue weighted by atomic mass is 10.2. The first-order valence-corrected chi connectivity index (χ1v) is 7.51. The van der Waals surface area contributed by atoms with Crippen molar-refractivity contribution in [2.45, 2.75) is 6.10 Å². The number of thiazole rings is 1. The summed E-state index contributed by atoms with van der Waals surface area (Å²) in [5.74, 6) is 0.602. The lowest BCUT2D eigenvalue weighted by molar-refractivity contribution is -0.0246. The van der Waals surface area contributed by atoms with Crippen LogP contribution in [0.1, 0.15) is 22.3 Å². The summed E-state index contributed by atoms with van der Waals surface area (Å²) in [7, 11) is 1.79. The molecule has 0 aliphatic carbocycles. The maximum Gasteiger partial charge on any atom is 0.273 e. The first-order chi connectivity index (χ1) is 10.3. The molecule has 7 nitrogen and oxygen atoms in total. The Morgan fingerprint density at radius 3 is 3.05 bits per heavy atom. The van der Waals surface area contributed by atoms with Gasteiger partial charge in [0.25, 0.3) is 5.91 Å². The number of anilines is 1. The molecule has 0 aromatic carbocycles. The Bertz CT molecular complexity index is 619. The van der Waals surface area contributed by atoms with Crippen molar-refractivity contribution in [1.29, 1.82) is 0 Å². The molecule has 1 amide bonds. The summed E-state index contributed by atoms with van der Waals surface area (Å²) < 4.78 is 5.75. The normalized spacial score (nSPS) is 18.5. The van der Waals surface area contributed by atoms with Crippen LogP contribution in [0.25, 0.3) is 0 Å². The smallest absolute Gasteiger partial charge is 0.273 e. The van der Waals surface area contributed by atoms with Crippen molar-refractivity contribution in [3.05, 3.63) is 34.7 Å². The highest BCUT2D eigenvalue weighted by Gasteiger charge is 2.29. The molecule has 2 aromatic heterocycles. The average molecular weight is 305 g/mol. The van der Waals surface area contributed by atoms with Gasteiger partial charge in [-0.25, -0.2) is 9.97 Å². The van der Waals surface area contributed by atoms with E-state index in [1.54, 1.807) is 35.2 Å². The van der Waals surface area contributed by atoms with Crippen molar-refractivity contribution in [1.82, 2.24) is 19.9 Å². The summed E-state index contributed by atoms with van der Waals surface area (Å²) in [4.78, 5) is 26.7. The molecule has 0 unspecified atom stereocenters. The number of morpholine rings is 1. The van der Waals surface area contributed by atoms with E-state index >= 15 is 0 Å². The van der Waals surface area contributed by atoms with Crippen LogP contribution in [-0.2, 0) is 4.74 Å². The predicted octanol–water partition coefficient (Wildman–Crippen LogP) is 1.19. The van der Waals surface area contributed by atoms with E-state index in [0.717, 1.165) is 5.69 Å². The van der Waals surface area contributed by atoms with Crippen molar-refractivity contribution >= 4 is 23.1 Å². The van der Waals surface area contributed by atoms with E-state index in [1.807, 2.05) is 0 Å². The standard InChI is InChI=1S/C13H15N5O2S/c1-14-12-11(15-2-3-16-12)10-6-18(4-5-20-10)13(19)9-7-21-8-17-9/h2-3,7-8,10H,4-6H2,1H3,(H,14,16)/t10-/m1/s1. The molecule has 1 saturated heterocycles. The average Bonchev–Trinajstić information content (AvgIpc) is 3.08. The molecule has 0 bridgehead atoms. The van der Waals surface area contributed by atoms with Gasteiger partial charge < -0.3 is 15.0 Å². The third kappa shape index (κ3) is 2.86. The Labute approximate surface area is 126 Å². The van der Waals surface area contributed by atoms with Crippen molar-refractivity contribution in [3.8, 4) is 0 Å². The Kier molecular flexibility index (Phi) is 4.07. The molecule has 1 aliphatic rings. The van der Waals surface area contributed by atoms with E-state index < -0.39 is 0 Å². The molecule has 1 atom stereocenters. The van der Waals surface area contributed by atoms with Crippen LogP contribution in [0.4, 0.5) is 5.82 Å². The molecule has 1 aliphatic heterocycles. The van der Waals surface area contributed by atoms with Gasteiger partial charge in [-0.05, 0) is 0 Å². The summed E-state index contributed by atoms with van der Waals surface area (Å²) in [5.41, 5.74) is 2.86. The van der Waals surface area contributed by atoms with Gasteiger partial charge in [-0.1, -0.05) is 0 Å². The highest BCUT2D eigenvalue weighted by atomic mass is 32.1. The minimum atomic E-state index is -0.280. The number of carbonyl (C=O) groups excluding carboxylic acids is 1. The second-order valence-corrected chi connectivity index (χ2v) is 5.24. The van der Waals surface area contributed by atoms with Gasteiger partial charge in [0.1, 0.15) is 23.3 Å². The highest BCUT2D eigenvalue weighted by molar-refractivity contribution is 7.07. The van der Waals surface area contributed by atoms with Crippen LogP contribution < -0.4 is 5.32 Å². The Hall–Kier alpha value is -2.06. The first-order valence-electron chi connectivity index (χ1n) is 6.57. The van der Waals surface area contributed by atoms with E-state index in [2.05, 4.69) is 20.3 Å². The van der Waals surface area contributed by atoms with Crippen molar-refractivity contribution in [3.63, 3.8) is 0 Å². The Morgan fingerprint density at radius 1 is 1.43 bits per heavy atom. The maximum atomic E-state index is 12.4. The quantitative estimate of drug-likeness (QED) is 0.917. The number of carbonyl (C=O) groups is 1. The molecule has 8 heteroatoms. The molecule has 2 aromatic rings. The minimum absolute atomic E-state index is 0.0700. The largest absolute Gasteiger partial charge is 0.372 e. The highest BCUT2D eigenvalue weighted by Crippen LogP contribution is 2.25. The third-order valence-corrected chi connectivity index (χ3v) is 3.86. The molecule has 110 valence electrons. The number of hydrogen-bond acceptors (Lipinski definition) is 7. The zero-order valence-corrected chi connectivity index (χ0v) is 12.3. The molecule has 1 N–H and O–H groups in total. The lowest BCUT2D eigenvalue weighted by Crippen LogP contribution is -2.42. The number of nitrogens with zero attached hydrogens (tertiary/aromatic N) is 4. The molecule has 3 heterocycles. The molecule has 21 heavy (non-hydrogen) atoms. The van der Waals surface area contributed by atoms with Crippen molar-refractivity contribution in [2.75, 3.05) is 32.1 Å². The van der Waals surface area contributed by atoms with Crippen LogP contribution in [0.2, 0.25) is 0 Å². The molecule has 0 spiro atoms. The van der Waals surface area contributed by atoms with Gasteiger partial charge in [-0.2, -0.15) is 0 Å². The molecule has 3 rings (SSSR count). The number of amides is 1. The van der Waals surface area contributed by atoms with Gasteiger partial charge in [0.15, 0.2) is 0 Å². The molecule has 0 saturated carbocycles. The topological polar surface area (TPSA) is 80.2 Å². The number of ether oxygens (including phenoxy) is 1. The second kappa shape index (κ2) is 6.15. The zero-order chi connectivity index (χ0) is 14.7. The molecule has 1 fully saturated rings.